The number of hydrogen-bond donors (Lipinski definition) is 2. The second-order valence-corrected chi connectivity index (χ2v) is 1.92. The highest BCUT2D eigenvalue weighted by Gasteiger charge is 1.84. The smallest absolute Gasteiger partial charge is 0.0354 e. The first-order valence-corrected chi connectivity index (χ1v) is 3.17. The first kappa shape index (κ1) is 8.82. The van der Waals surface area contributed by atoms with Crippen LogP contribution in [-0.2, 0) is 0 Å². The lowest BCUT2D eigenvalue weighted by molar-refractivity contribution is 1.03. The molecule has 0 aromatic rings. The molecule has 3 N–H and O–H groups in total. The summed E-state index contributed by atoms with van der Waals surface area (Å²) in [4.78, 5) is 0. The Kier molecular flexibility index (Phi) is 4.12. The van der Waals surface area contributed by atoms with E-state index in [1.54, 1.807) is 6.08 Å². The zero-order valence-corrected chi connectivity index (χ0v) is 6.52. The second-order valence-electron chi connectivity index (χ2n) is 1.92. The summed E-state index contributed by atoms with van der Waals surface area (Å²) in [6.45, 7) is 5.50. The molecule has 10 heavy (non-hydrogen) atoms. The van der Waals surface area contributed by atoms with Gasteiger partial charge in [0.25, 0.3) is 0 Å². The Bertz CT molecular complexity index is 166. The van der Waals surface area contributed by atoms with Crippen LogP contribution < -0.4 is 11.1 Å². The van der Waals surface area contributed by atoms with E-state index < -0.39 is 0 Å². The van der Waals surface area contributed by atoms with E-state index in [1.807, 2.05) is 26.1 Å². The van der Waals surface area contributed by atoms with Crippen molar-refractivity contribution in [3.63, 3.8) is 0 Å². The van der Waals surface area contributed by atoms with Gasteiger partial charge in [-0.1, -0.05) is 12.7 Å². The quantitative estimate of drug-likeness (QED) is 0.574. The molecular weight excluding hydrogens is 124 g/mol. The summed E-state index contributed by atoms with van der Waals surface area (Å²) in [7, 11) is 1.84. The van der Waals surface area contributed by atoms with Crippen LogP contribution in [0.2, 0.25) is 0 Å². The van der Waals surface area contributed by atoms with Gasteiger partial charge in [0.15, 0.2) is 0 Å². The monoisotopic (exact) mass is 138 g/mol. The highest BCUT2D eigenvalue weighted by Crippen LogP contribution is 1.93. The highest BCUT2D eigenvalue weighted by atomic mass is 14.8. The van der Waals surface area contributed by atoms with Gasteiger partial charge < -0.3 is 11.1 Å². The molecule has 0 amide bonds. The molecule has 0 atom stereocenters. The van der Waals surface area contributed by atoms with Gasteiger partial charge in [-0.3, -0.25) is 0 Å². The van der Waals surface area contributed by atoms with Crippen LogP contribution in [-0.4, -0.2) is 7.05 Å². The molecule has 0 rings (SSSR count). The summed E-state index contributed by atoms with van der Waals surface area (Å²) < 4.78 is 0. The van der Waals surface area contributed by atoms with E-state index in [0.717, 1.165) is 5.70 Å². The summed E-state index contributed by atoms with van der Waals surface area (Å²) in [6.07, 6.45) is 5.64. The van der Waals surface area contributed by atoms with E-state index in [4.69, 9.17) is 5.73 Å². The number of likely N-dealkylation sites (N-methyl/N-ethyl adjacent to an activating group) is 1. The van der Waals surface area contributed by atoms with Crippen LogP contribution >= 0.6 is 0 Å². The summed E-state index contributed by atoms with van der Waals surface area (Å²) in [5.41, 5.74) is 6.88. The van der Waals surface area contributed by atoms with Crippen molar-refractivity contribution in [3.8, 4) is 0 Å². The molecule has 0 fully saturated rings. The fourth-order valence-corrected chi connectivity index (χ4v) is 0.583. The third-order valence-corrected chi connectivity index (χ3v) is 0.976. The van der Waals surface area contributed by atoms with Crippen LogP contribution in [0.4, 0.5) is 0 Å². The van der Waals surface area contributed by atoms with Gasteiger partial charge in [0.05, 0.1) is 0 Å². The lowest BCUT2D eigenvalue weighted by Crippen LogP contribution is -2.04. The van der Waals surface area contributed by atoms with E-state index >= 15 is 0 Å². The average Bonchev–Trinajstić information content (AvgIpc) is 1.86. The molecule has 0 radical (unpaired) electrons. The zero-order valence-electron chi connectivity index (χ0n) is 6.52. The van der Waals surface area contributed by atoms with Crippen LogP contribution in [0.5, 0.6) is 0 Å². The fraction of sp³-hybridized carbons (Fsp3) is 0.250. The van der Waals surface area contributed by atoms with E-state index in [0.29, 0.717) is 5.70 Å². The van der Waals surface area contributed by atoms with E-state index in [-0.39, 0.29) is 0 Å². The van der Waals surface area contributed by atoms with Crippen LogP contribution in [0.15, 0.2) is 36.2 Å². The third-order valence-electron chi connectivity index (χ3n) is 0.976. The summed E-state index contributed by atoms with van der Waals surface area (Å²) in [5.74, 6) is 0. The Morgan fingerprint density at radius 1 is 1.60 bits per heavy atom. The van der Waals surface area contributed by atoms with E-state index in [2.05, 4.69) is 11.9 Å². The maximum atomic E-state index is 5.35. The molecule has 0 saturated heterocycles. The molecule has 2 nitrogen and oxygen atoms in total. The highest BCUT2D eigenvalue weighted by molar-refractivity contribution is 5.24. The fourth-order valence-electron chi connectivity index (χ4n) is 0.583. The Hall–Kier alpha value is -1.18. The number of hydrogen-bond acceptors (Lipinski definition) is 2. The van der Waals surface area contributed by atoms with Crippen molar-refractivity contribution in [2.45, 2.75) is 6.92 Å². The van der Waals surface area contributed by atoms with Crippen LogP contribution in [0.1, 0.15) is 6.92 Å². The van der Waals surface area contributed by atoms with Crippen LogP contribution in [0.3, 0.4) is 0 Å². The zero-order chi connectivity index (χ0) is 7.98. The molecule has 56 valence electrons. The largest absolute Gasteiger partial charge is 0.399 e. The minimum absolute atomic E-state index is 0.558. The molecule has 0 spiro atoms. The number of nitrogens with two attached hydrogens (primary N) is 1. The predicted octanol–water partition coefficient (Wildman–Crippen LogP) is 1.14. The van der Waals surface area contributed by atoms with E-state index in [1.165, 1.54) is 0 Å². The Balaban J connectivity index is 4.18. The van der Waals surface area contributed by atoms with Gasteiger partial charge in [-0.05, 0) is 19.1 Å². The summed E-state index contributed by atoms with van der Waals surface area (Å²) in [6, 6.07) is 0. The first-order valence-electron chi connectivity index (χ1n) is 3.17. The van der Waals surface area contributed by atoms with Crippen LogP contribution in [0.25, 0.3) is 0 Å². The minimum Gasteiger partial charge on any atom is -0.399 e. The Morgan fingerprint density at radius 2 is 2.20 bits per heavy atom. The minimum atomic E-state index is 0.558. The van der Waals surface area contributed by atoms with Gasteiger partial charge >= 0.3 is 0 Å². The van der Waals surface area contributed by atoms with Crippen molar-refractivity contribution < 1.29 is 0 Å². The van der Waals surface area contributed by atoms with Gasteiger partial charge in [-0.25, -0.2) is 0 Å². The number of nitrogens with one attached hydrogen (secondary N) is 1. The number of allylic oxidation sites excluding steroid dienone is 3. The number of rotatable bonds is 3. The maximum absolute atomic E-state index is 5.35. The summed E-state index contributed by atoms with van der Waals surface area (Å²) >= 11 is 0. The van der Waals surface area contributed by atoms with Crippen molar-refractivity contribution in [1.29, 1.82) is 0 Å². The van der Waals surface area contributed by atoms with E-state index in [9.17, 15) is 0 Å². The van der Waals surface area contributed by atoms with Gasteiger partial charge in [0.1, 0.15) is 0 Å². The van der Waals surface area contributed by atoms with Gasteiger partial charge in [0.2, 0.25) is 0 Å². The molecule has 0 unspecified atom stereocenters. The second kappa shape index (κ2) is 4.68. The SMILES string of the molecule is C=C(N)/C=C(\C=C/C)NC. The molecule has 0 bridgehead atoms. The normalized spacial score (nSPS) is 12.0. The molecule has 0 aromatic heterocycles. The first-order chi connectivity index (χ1) is 4.70. The van der Waals surface area contributed by atoms with Gasteiger partial charge in [-0.15, -0.1) is 0 Å². The van der Waals surface area contributed by atoms with Gasteiger partial charge in [-0.2, -0.15) is 0 Å². The molecule has 0 heterocycles. The molecule has 0 aliphatic heterocycles. The molecule has 0 aliphatic carbocycles. The maximum Gasteiger partial charge on any atom is 0.0354 e. The third kappa shape index (κ3) is 3.78. The summed E-state index contributed by atoms with van der Waals surface area (Å²) in [5, 5.41) is 2.97. The van der Waals surface area contributed by atoms with Crippen molar-refractivity contribution in [2.75, 3.05) is 7.05 Å². The molecule has 0 aromatic carbocycles. The Morgan fingerprint density at radius 3 is 2.50 bits per heavy atom. The topological polar surface area (TPSA) is 38.0 Å². The lowest BCUT2D eigenvalue weighted by atomic mass is 10.3. The lowest BCUT2D eigenvalue weighted by Gasteiger charge is -1.98. The average molecular weight is 138 g/mol. The predicted molar refractivity (Wildman–Crippen MR) is 45.3 cm³/mol. The van der Waals surface area contributed by atoms with Gasteiger partial charge in [0, 0.05) is 18.4 Å². The molecule has 0 aliphatic rings. The standard InChI is InChI=1S/C8H14N2/c1-4-5-8(10-3)6-7(2)9/h4-6,10H,2,9H2,1,3H3/b5-4-,8-6+. The molecule has 2 heteroatoms. The van der Waals surface area contributed by atoms with Crippen molar-refractivity contribution >= 4 is 0 Å². The Labute approximate surface area is 62.1 Å². The van der Waals surface area contributed by atoms with Crippen molar-refractivity contribution in [1.82, 2.24) is 5.32 Å². The van der Waals surface area contributed by atoms with Crippen LogP contribution in [0, 0.1) is 0 Å². The van der Waals surface area contributed by atoms with Crippen molar-refractivity contribution in [3.05, 3.63) is 36.2 Å². The van der Waals surface area contributed by atoms with Crippen molar-refractivity contribution in [2.24, 2.45) is 5.73 Å². The molecule has 0 saturated carbocycles. The molecular formula is C8H14N2.